The van der Waals surface area contributed by atoms with Gasteiger partial charge in [0.15, 0.2) is 0 Å². The maximum Gasteiger partial charge on any atom is 0.409 e. The number of benzene rings is 1. The van der Waals surface area contributed by atoms with Gasteiger partial charge in [-0.05, 0) is 30.0 Å². The second-order valence-corrected chi connectivity index (χ2v) is 7.66. The van der Waals surface area contributed by atoms with Crippen molar-refractivity contribution in [3.05, 3.63) is 23.2 Å². The summed E-state index contributed by atoms with van der Waals surface area (Å²) in [4.78, 5) is 15.8. The molecule has 0 unspecified atom stereocenters. The number of anilines is 2. The standard InChI is InChI=1S/C17H26ClN3O2/c1-17(2,3)11-21(12-5-6-15(19)14(18)9-12)13-7-8-20(10-13)16(22)23-4/h5-6,9,13H,7-8,10-11,19H2,1-4H3/t13-/m0/s1. The third-order valence-corrected chi connectivity index (χ3v) is 4.32. The second kappa shape index (κ2) is 6.87. The normalized spacial score (nSPS) is 18.1. The van der Waals surface area contributed by atoms with Crippen LogP contribution in [0.5, 0.6) is 0 Å². The molecule has 2 N–H and O–H groups in total. The van der Waals surface area contributed by atoms with Crippen LogP contribution in [0.3, 0.4) is 0 Å². The van der Waals surface area contributed by atoms with Crippen LogP contribution in [0.15, 0.2) is 18.2 Å². The first-order valence-corrected chi connectivity index (χ1v) is 8.23. The highest BCUT2D eigenvalue weighted by molar-refractivity contribution is 6.33. The first kappa shape index (κ1) is 17.7. The SMILES string of the molecule is COC(=O)N1CC[C@H](N(CC(C)(C)C)c2ccc(N)c(Cl)c2)C1. The van der Waals surface area contributed by atoms with E-state index in [-0.39, 0.29) is 17.6 Å². The number of nitrogen functional groups attached to an aromatic ring is 1. The summed E-state index contributed by atoms with van der Waals surface area (Å²) in [5.41, 5.74) is 7.56. The van der Waals surface area contributed by atoms with Gasteiger partial charge in [-0.1, -0.05) is 32.4 Å². The fourth-order valence-corrected chi connectivity index (χ4v) is 3.10. The van der Waals surface area contributed by atoms with Crippen LogP contribution in [0.1, 0.15) is 27.2 Å². The number of halogens is 1. The maximum absolute atomic E-state index is 11.8. The first-order chi connectivity index (χ1) is 10.7. The van der Waals surface area contributed by atoms with Crippen molar-refractivity contribution in [1.29, 1.82) is 0 Å². The molecule has 0 bridgehead atoms. The molecule has 1 amide bonds. The number of ether oxygens (including phenoxy) is 1. The number of amides is 1. The minimum Gasteiger partial charge on any atom is -0.453 e. The Morgan fingerprint density at radius 2 is 2.17 bits per heavy atom. The molecule has 1 fully saturated rings. The first-order valence-electron chi connectivity index (χ1n) is 7.86. The molecule has 1 atom stereocenters. The van der Waals surface area contributed by atoms with Gasteiger partial charge in [-0.15, -0.1) is 0 Å². The van der Waals surface area contributed by atoms with Gasteiger partial charge in [-0.25, -0.2) is 4.79 Å². The van der Waals surface area contributed by atoms with Gasteiger partial charge in [0.2, 0.25) is 0 Å². The lowest BCUT2D eigenvalue weighted by Gasteiger charge is -2.36. The Morgan fingerprint density at radius 1 is 1.48 bits per heavy atom. The third kappa shape index (κ3) is 4.44. The van der Waals surface area contributed by atoms with Crippen molar-refractivity contribution in [3.8, 4) is 0 Å². The lowest BCUT2D eigenvalue weighted by molar-refractivity contribution is 0.132. The second-order valence-electron chi connectivity index (χ2n) is 7.25. The zero-order valence-electron chi connectivity index (χ0n) is 14.3. The maximum atomic E-state index is 11.8. The molecule has 0 spiro atoms. The van der Waals surface area contributed by atoms with E-state index in [0.29, 0.717) is 23.8 Å². The quantitative estimate of drug-likeness (QED) is 0.854. The van der Waals surface area contributed by atoms with Crippen LogP contribution in [-0.2, 0) is 4.74 Å². The van der Waals surface area contributed by atoms with Gasteiger partial charge in [-0.3, -0.25) is 0 Å². The van der Waals surface area contributed by atoms with Crippen LogP contribution >= 0.6 is 11.6 Å². The van der Waals surface area contributed by atoms with Crippen molar-refractivity contribution < 1.29 is 9.53 Å². The van der Waals surface area contributed by atoms with E-state index in [1.54, 1.807) is 4.90 Å². The molecule has 128 valence electrons. The summed E-state index contributed by atoms with van der Waals surface area (Å²) in [7, 11) is 1.42. The summed E-state index contributed by atoms with van der Waals surface area (Å²) in [5, 5.41) is 0.559. The lowest BCUT2D eigenvalue weighted by atomic mass is 9.94. The number of methoxy groups -OCH3 is 1. The van der Waals surface area contributed by atoms with Crippen LogP contribution in [0, 0.1) is 5.41 Å². The highest BCUT2D eigenvalue weighted by Crippen LogP contribution is 2.31. The molecule has 1 saturated heterocycles. The predicted octanol–water partition coefficient (Wildman–Crippen LogP) is 3.62. The Kier molecular flexibility index (Phi) is 5.30. The minimum absolute atomic E-state index is 0.118. The Morgan fingerprint density at radius 3 is 2.74 bits per heavy atom. The zero-order valence-corrected chi connectivity index (χ0v) is 15.1. The number of hydrogen-bond donors (Lipinski definition) is 1. The van der Waals surface area contributed by atoms with E-state index < -0.39 is 0 Å². The Bertz CT molecular complexity index is 571. The molecule has 1 aromatic carbocycles. The number of nitrogens with zero attached hydrogens (tertiary/aromatic N) is 2. The molecule has 0 aliphatic carbocycles. The van der Waals surface area contributed by atoms with Gasteiger partial charge >= 0.3 is 6.09 Å². The van der Waals surface area contributed by atoms with Crippen LogP contribution in [-0.4, -0.2) is 43.8 Å². The molecule has 2 rings (SSSR count). The fraction of sp³-hybridized carbons (Fsp3) is 0.588. The van der Waals surface area contributed by atoms with E-state index in [1.165, 1.54) is 7.11 Å². The number of nitrogens with two attached hydrogens (primary N) is 1. The van der Waals surface area contributed by atoms with Crippen LogP contribution < -0.4 is 10.6 Å². The van der Waals surface area contributed by atoms with Crippen molar-refractivity contribution in [2.24, 2.45) is 5.41 Å². The average molecular weight is 340 g/mol. The fourth-order valence-electron chi connectivity index (χ4n) is 2.93. The molecule has 0 radical (unpaired) electrons. The van der Waals surface area contributed by atoms with E-state index in [0.717, 1.165) is 18.7 Å². The summed E-state index contributed by atoms with van der Waals surface area (Å²) >= 11 is 6.20. The van der Waals surface area contributed by atoms with Crippen molar-refractivity contribution in [3.63, 3.8) is 0 Å². The number of hydrogen-bond acceptors (Lipinski definition) is 4. The van der Waals surface area contributed by atoms with Gasteiger partial charge in [0.25, 0.3) is 0 Å². The van der Waals surface area contributed by atoms with E-state index >= 15 is 0 Å². The molecule has 0 saturated carbocycles. The Balaban J connectivity index is 2.24. The summed E-state index contributed by atoms with van der Waals surface area (Å²) in [5.74, 6) is 0. The van der Waals surface area contributed by atoms with E-state index in [4.69, 9.17) is 22.1 Å². The molecule has 5 nitrogen and oxygen atoms in total. The molecule has 0 aromatic heterocycles. The summed E-state index contributed by atoms with van der Waals surface area (Å²) in [6.45, 7) is 8.84. The zero-order chi connectivity index (χ0) is 17.2. The predicted molar refractivity (Wildman–Crippen MR) is 95.0 cm³/mol. The molecule has 1 aromatic rings. The van der Waals surface area contributed by atoms with Gasteiger partial charge in [-0.2, -0.15) is 0 Å². The van der Waals surface area contributed by atoms with Crippen molar-refractivity contribution >= 4 is 29.1 Å². The summed E-state index contributed by atoms with van der Waals surface area (Å²) in [6, 6.07) is 5.98. The molecule has 1 heterocycles. The topological polar surface area (TPSA) is 58.8 Å². The molecule has 1 aliphatic heterocycles. The van der Waals surface area contributed by atoms with Gasteiger partial charge < -0.3 is 20.3 Å². The molecule has 1 aliphatic rings. The Hall–Kier alpha value is -1.62. The van der Waals surface area contributed by atoms with E-state index in [9.17, 15) is 4.79 Å². The molecule has 23 heavy (non-hydrogen) atoms. The number of carbonyl (C=O) groups excluding carboxylic acids is 1. The largest absolute Gasteiger partial charge is 0.453 e. The average Bonchev–Trinajstić information content (AvgIpc) is 2.95. The molecular weight excluding hydrogens is 314 g/mol. The highest BCUT2D eigenvalue weighted by atomic mass is 35.5. The van der Waals surface area contributed by atoms with E-state index in [1.807, 2.05) is 18.2 Å². The molecule has 6 heteroatoms. The number of likely N-dealkylation sites (tertiary alicyclic amines) is 1. The smallest absolute Gasteiger partial charge is 0.409 e. The van der Waals surface area contributed by atoms with E-state index in [2.05, 4.69) is 25.7 Å². The highest BCUT2D eigenvalue weighted by Gasteiger charge is 2.33. The molecular formula is C17H26ClN3O2. The van der Waals surface area contributed by atoms with Crippen molar-refractivity contribution in [2.75, 3.05) is 37.4 Å². The van der Waals surface area contributed by atoms with Gasteiger partial charge in [0, 0.05) is 31.4 Å². The number of rotatable bonds is 3. The Labute approximate surface area is 143 Å². The monoisotopic (exact) mass is 339 g/mol. The lowest BCUT2D eigenvalue weighted by Crippen LogP contribution is -2.43. The summed E-state index contributed by atoms with van der Waals surface area (Å²) in [6.07, 6.45) is 0.645. The van der Waals surface area contributed by atoms with Crippen LogP contribution in [0.2, 0.25) is 5.02 Å². The summed E-state index contributed by atoms with van der Waals surface area (Å²) < 4.78 is 4.83. The number of carbonyl (C=O) groups is 1. The minimum atomic E-state index is -0.265. The van der Waals surface area contributed by atoms with Gasteiger partial charge in [0.05, 0.1) is 17.8 Å². The van der Waals surface area contributed by atoms with Crippen molar-refractivity contribution in [1.82, 2.24) is 4.90 Å². The van der Waals surface area contributed by atoms with Crippen molar-refractivity contribution in [2.45, 2.75) is 33.2 Å². The third-order valence-electron chi connectivity index (χ3n) is 4.00. The van der Waals surface area contributed by atoms with Gasteiger partial charge in [0.1, 0.15) is 0 Å². The van der Waals surface area contributed by atoms with Crippen LogP contribution in [0.25, 0.3) is 0 Å². The van der Waals surface area contributed by atoms with Crippen LogP contribution in [0.4, 0.5) is 16.2 Å².